The van der Waals surface area contributed by atoms with Crippen molar-refractivity contribution in [3.63, 3.8) is 0 Å². The molecule has 3 nitrogen and oxygen atoms in total. The number of benzene rings is 1. The van der Waals surface area contributed by atoms with Gasteiger partial charge in [-0.05, 0) is 44.4 Å². The quantitative estimate of drug-likeness (QED) is 0.697. The Hall–Kier alpha value is -1.06. The molecule has 3 heteroatoms. The van der Waals surface area contributed by atoms with E-state index in [1.807, 2.05) is 12.1 Å². The minimum Gasteiger partial charge on any atom is -0.493 e. The maximum absolute atomic E-state index is 5.69. The van der Waals surface area contributed by atoms with Crippen molar-refractivity contribution in [2.75, 3.05) is 19.8 Å². The molecule has 0 aromatic heterocycles. The Balaban J connectivity index is 2.35. The molecule has 1 unspecified atom stereocenters. The fourth-order valence-electron chi connectivity index (χ4n) is 1.80. The summed E-state index contributed by atoms with van der Waals surface area (Å²) in [5.74, 6) is 1.49. The van der Waals surface area contributed by atoms with Gasteiger partial charge in [0.05, 0.1) is 19.3 Å². The van der Waals surface area contributed by atoms with Gasteiger partial charge in [0.25, 0.3) is 0 Å². The summed E-state index contributed by atoms with van der Waals surface area (Å²) < 4.78 is 11.2. The summed E-state index contributed by atoms with van der Waals surface area (Å²) in [4.78, 5) is 0. The van der Waals surface area contributed by atoms with E-state index in [0.717, 1.165) is 25.5 Å². The molecule has 0 bridgehead atoms. The van der Waals surface area contributed by atoms with E-state index in [1.165, 1.54) is 5.56 Å². The third-order valence-corrected chi connectivity index (χ3v) is 2.97. The van der Waals surface area contributed by atoms with Crippen LogP contribution in [-0.2, 0) is 4.74 Å². The fourth-order valence-corrected chi connectivity index (χ4v) is 1.80. The first-order chi connectivity index (χ1) is 9.49. The predicted octanol–water partition coefficient (Wildman–Crippen LogP) is 3.80. The molecule has 0 radical (unpaired) electrons. The first-order valence-electron chi connectivity index (χ1n) is 7.56. The molecule has 1 aromatic carbocycles. The second-order valence-electron chi connectivity index (χ2n) is 5.87. The van der Waals surface area contributed by atoms with Crippen molar-refractivity contribution in [3.8, 4) is 5.75 Å². The summed E-state index contributed by atoms with van der Waals surface area (Å²) in [5.41, 5.74) is 1.27. The summed E-state index contributed by atoms with van der Waals surface area (Å²) >= 11 is 0. The van der Waals surface area contributed by atoms with Gasteiger partial charge in [-0.25, -0.2) is 0 Å². The van der Waals surface area contributed by atoms with Crippen LogP contribution in [0.2, 0.25) is 0 Å². The van der Waals surface area contributed by atoms with Gasteiger partial charge in [-0.1, -0.05) is 26.0 Å². The Morgan fingerprint density at radius 3 is 2.20 bits per heavy atom. The molecule has 0 aliphatic carbocycles. The third kappa shape index (κ3) is 6.92. The van der Waals surface area contributed by atoms with E-state index in [0.29, 0.717) is 18.1 Å². The molecule has 1 rings (SSSR count). The number of ether oxygens (including phenoxy) is 2. The maximum atomic E-state index is 5.69. The molecule has 20 heavy (non-hydrogen) atoms. The van der Waals surface area contributed by atoms with E-state index in [9.17, 15) is 0 Å². The van der Waals surface area contributed by atoms with Crippen LogP contribution in [0.25, 0.3) is 0 Å². The van der Waals surface area contributed by atoms with Gasteiger partial charge in [0.2, 0.25) is 0 Å². The zero-order chi connectivity index (χ0) is 15.0. The molecule has 0 saturated heterocycles. The second kappa shape index (κ2) is 8.98. The first-order valence-corrected chi connectivity index (χ1v) is 7.56. The van der Waals surface area contributed by atoms with E-state index in [2.05, 4.69) is 52.1 Å². The van der Waals surface area contributed by atoms with E-state index < -0.39 is 0 Å². The largest absolute Gasteiger partial charge is 0.493 e. The average molecular weight is 279 g/mol. The van der Waals surface area contributed by atoms with Crippen LogP contribution in [-0.4, -0.2) is 25.9 Å². The minimum atomic E-state index is 0.296. The Kier molecular flexibility index (Phi) is 7.63. The summed E-state index contributed by atoms with van der Waals surface area (Å²) in [5, 5.41) is 3.46. The van der Waals surface area contributed by atoms with Crippen LogP contribution in [0.3, 0.4) is 0 Å². The van der Waals surface area contributed by atoms with Crippen LogP contribution in [0, 0.1) is 5.92 Å². The zero-order valence-corrected chi connectivity index (χ0v) is 13.5. The normalized spacial score (nSPS) is 12.9. The molecular formula is C17H29NO2. The van der Waals surface area contributed by atoms with Crippen molar-refractivity contribution >= 4 is 0 Å². The van der Waals surface area contributed by atoms with Crippen molar-refractivity contribution in [2.24, 2.45) is 5.92 Å². The topological polar surface area (TPSA) is 30.5 Å². The maximum Gasteiger partial charge on any atom is 0.119 e. The molecular weight excluding hydrogens is 250 g/mol. The number of nitrogens with one attached hydrogen (secondary N) is 1. The molecule has 1 aromatic rings. The van der Waals surface area contributed by atoms with Crippen molar-refractivity contribution in [3.05, 3.63) is 29.8 Å². The SMILES string of the molecule is CC(C)COc1ccc(C(C)NCCOC(C)C)cc1. The average Bonchev–Trinajstić information content (AvgIpc) is 2.41. The second-order valence-corrected chi connectivity index (χ2v) is 5.87. The molecule has 0 heterocycles. The van der Waals surface area contributed by atoms with Gasteiger partial charge in [-0.15, -0.1) is 0 Å². The standard InChI is InChI=1S/C17H29NO2/c1-13(2)12-20-17-8-6-16(7-9-17)15(5)18-10-11-19-14(3)4/h6-9,13-15,18H,10-12H2,1-5H3. The molecule has 0 spiro atoms. The summed E-state index contributed by atoms with van der Waals surface area (Å²) in [6.45, 7) is 13.0. The lowest BCUT2D eigenvalue weighted by Crippen LogP contribution is -2.24. The predicted molar refractivity (Wildman–Crippen MR) is 84.3 cm³/mol. The van der Waals surface area contributed by atoms with E-state index in [4.69, 9.17) is 9.47 Å². The van der Waals surface area contributed by atoms with Crippen LogP contribution in [0.15, 0.2) is 24.3 Å². The Labute approximate surface area is 123 Å². The fraction of sp³-hybridized carbons (Fsp3) is 0.647. The number of hydrogen-bond donors (Lipinski definition) is 1. The van der Waals surface area contributed by atoms with Gasteiger partial charge in [0, 0.05) is 12.6 Å². The van der Waals surface area contributed by atoms with Crippen LogP contribution < -0.4 is 10.1 Å². The van der Waals surface area contributed by atoms with E-state index in [1.54, 1.807) is 0 Å². The van der Waals surface area contributed by atoms with Crippen LogP contribution >= 0.6 is 0 Å². The summed E-state index contributed by atoms with van der Waals surface area (Å²) in [6, 6.07) is 8.65. The highest BCUT2D eigenvalue weighted by Crippen LogP contribution is 2.18. The monoisotopic (exact) mass is 279 g/mol. The number of hydrogen-bond acceptors (Lipinski definition) is 3. The van der Waals surface area contributed by atoms with Gasteiger partial charge < -0.3 is 14.8 Å². The lowest BCUT2D eigenvalue weighted by atomic mass is 10.1. The van der Waals surface area contributed by atoms with Crippen LogP contribution in [0.5, 0.6) is 5.75 Å². The third-order valence-electron chi connectivity index (χ3n) is 2.97. The zero-order valence-electron chi connectivity index (χ0n) is 13.5. The Morgan fingerprint density at radius 1 is 1.00 bits per heavy atom. The molecule has 114 valence electrons. The number of rotatable bonds is 9. The first kappa shape index (κ1) is 17.0. The lowest BCUT2D eigenvalue weighted by Gasteiger charge is -2.16. The molecule has 0 aliphatic heterocycles. The smallest absolute Gasteiger partial charge is 0.119 e. The van der Waals surface area contributed by atoms with Crippen molar-refractivity contribution in [1.29, 1.82) is 0 Å². The van der Waals surface area contributed by atoms with Crippen molar-refractivity contribution in [2.45, 2.75) is 46.8 Å². The Morgan fingerprint density at radius 2 is 1.65 bits per heavy atom. The van der Waals surface area contributed by atoms with Crippen LogP contribution in [0.1, 0.15) is 46.2 Å². The highest BCUT2D eigenvalue weighted by atomic mass is 16.5. The summed E-state index contributed by atoms with van der Waals surface area (Å²) in [6.07, 6.45) is 0.296. The van der Waals surface area contributed by atoms with Crippen LogP contribution in [0.4, 0.5) is 0 Å². The minimum absolute atomic E-state index is 0.296. The van der Waals surface area contributed by atoms with E-state index in [-0.39, 0.29) is 0 Å². The van der Waals surface area contributed by atoms with Gasteiger partial charge in [-0.3, -0.25) is 0 Å². The highest BCUT2D eigenvalue weighted by molar-refractivity contribution is 5.28. The van der Waals surface area contributed by atoms with Gasteiger partial charge in [0.1, 0.15) is 5.75 Å². The molecule has 1 atom stereocenters. The molecule has 1 N–H and O–H groups in total. The molecule has 0 saturated carbocycles. The van der Waals surface area contributed by atoms with Gasteiger partial charge in [-0.2, -0.15) is 0 Å². The Bertz CT molecular complexity index is 360. The summed E-state index contributed by atoms with van der Waals surface area (Å²) in [7, 11) is 0. The highest BCUT2D eigenvalue weighted by Gasteiger charge is 2.05. The van der Waals surface area contributed by atoms with Gasteiger partial charge in [0.15, 0.2) is 0 Å². The van der Waals surface area contributed by atoms with Crippen molar-refractivity contribution < 1.29 is 9.47 Å². The molecule has 0 fully saturated rings. The molecule has 0 amide bonds. The van der Waals surface area contributed by atoms with E-state index >= 15 is 0 Å². The lowest BCUT2D eigenvalue weighted by molar-refractivity contribution is 0.0796. The van der Waals surface area contributed by atoms with Crippen molar-refractivity contribution in [1.82, 2.24) is 5.32 Å². The molecule has 0 aliphatic rings. The van der Waals surface area contributed by atoms with Gasteiger partial charge >= 0.3 is 0 Å².